The first kappa shape index (κ1) is 35.5. The molecule has 0 amide bonds. The van der Waals surface area contributed by atoms with Crippen molar-refractivity contribution in [1.82, 2.24) is 19.5 Å². The second-order valence-electron chi connectivity index (χ2n) is 15.6. The summed E-state index contributed by atoms with van der Waals surface area (Å²) in [6.07, 6.45) is 0. The second-order valence-corrected chi connectivity index (χ2v) is 15.6. The molecule has 12 rings (SSSR count). The molecule has 5 heteroatoms. The molecule has 0 N–H and O–H groups in total. The predicted octanol–water partition coefficient (Wildman–Crippen LogP) is 14.9. The van der Waals surface area contributed by atoms with Crippen molar-refractivity contribution < 1.29 is 4.42 Å². The van der Waals surface area contributed by atoms with Gasteiger partial charge in [0, 0.05) is 55.0 Å². The van der Waals surface area contributed by atoms with Gasteiger partial charge in [0.05, 0.1) is 11.0 Å². The fourth-order valence-corrected chi connectivity index (χ4v) is 8.93. The highest BCUT2D eigenvalue weighted by Gasteiger charge is 2.20. The molecule has 0 bridgehead atoms. The Kier molecular flexibility index (Phi) is 8.42. The lowest BCUT2D eigenvalue weighted by molar-refractivity contribution is 0.670. The summed E-state index contributed by atoms with van der Waals surface area (Å²) in [6, 6.07) is 76.4. The highest BCUT2D eigenvalue weighted by molar-refractivity contribution is 6.15. The van der Waals surface area contributed by atoms with E-state index in [9.17, 15) is 0 Å². The van der Waals surface area contributed by atoms with E-state index in [1.165, 1.54) is 21.9 Å². The number of rotatable bonds is 7. The lowest BCUT2D eigenvalue weighted by Gasteiger charge is -2.14. The summed E-state index contributed by atoms with van der Waals surface area (Å²) < 4.78 is 8.92. The molecule has 0 saturated heterocycles. The summed E-state index contributed by atoms with van der Waals surface area (Å²) in [5, 5.41) is 4.58. The van der Waals surface area contributed by atoms with Crippen LogP contribution in [-0.2, 0) is 0 Å². The number of fused-ring (bicyclic) bond motifs is 6. The first-order valence-electron chi connectivity index (χ1n) is 20.8. The van der Waals surface area contributed by atoms with Gasteiger partial charge in [-0.25, -0.2) is 15.0 Å². The Morgan fingerprint density at radius 2 is 0.855 bits per heavy atom. The number of hydrogen-bond acceptors (Lipinski definition) is 4. The van der Waals surface area contributed by atoms with Crippen LogP contribution < -0.4 is 0 Å². The smallest absolute Gasteiger partial charge is 0.164 e. The van der Waals surface area contributed by atoms with E-state index >= 15 is 0 Å². The van der Waals surface area contributed by atoms with Gasteiger partial charge in [-0.05, 0) is 58.7 Å². The average molecular weight is 793 g/mol. The molecule has 0 spiro atoms. The first-order valence-corrected chi connectivity index (χ1v) is 20.8. The third-order valence-corrected chi connectivity index (χ3v) is 11.8. The molecule has 0 aliphatic rings. The summed E-state index contributed by atoms with van der Waals surface area (Å²) >= 11 is 0. The van der Waals surface area contributed by atoms with Crippen molar-refractivity contribution in [1.29, 1.82) is 0 Å². The summed E-state index contributed by atoms with van der Waals surface area (Å²) in [5.74, 6) is 1.87. The number of benzene rings is 9. The Morgan fingerprint density at radius 3 is 1.58 bits per heavy atom. The quantitative estimate of drug-likeness (QED) is 0.161. The SMILES string of the molecule is c1ccc(-c2ccc3c(c2)c2cccc(-c4cccc(-c5cccc6c5oc5ccccc56)c4)c2n3-c2cccc(-c3nc(-c4ccccc4)nc(-c4ccccc4)n3)c2)cc1. The van der Waals surface area contributed by atoms with Gasteiger partial charge in [0.25, 0.3) is 0 Å². The van der Waals surface area contributed by atoms with Gasteiger partial charge in [-0.2, -0.15) is 0 Å². The lowest BCUT2D eigenvalue weighted by atomic mass is 9.96. The van der Waals surface area contributed by atoms with Crippen LogP contribution in [0.3, 0.4) is 0 Å². The monoisotopic (exact) mass is 792 g/mol. The molecule has 290 valence electrons. The molecule has 0 saturated carbocycles. The number of aromatic nitrogens is 4. The molecule has 0 fully saturated rings. The van der Waals surface area contributed by atoms with Crippen LogP contribution in [0.1, 0.15) is 0 Å². The lowest BCUT2D eigenvalue weighted by Crippen LogP contribution is -2.01. The van der Waals surface area contributed by atoms with E-state index in [4.69, 9.17) is 19.4 Å². The Balaban J connectivity index is 1.07. The zero-order valence-electron chi connectivity index (χ0n) is 33.5. The number of para-hydroxylation sites is 3. The molecule has 62 heavy (non-hydrogen) atoms. The van der Waals surface area contributed by atoms with Gasteiger partial charge in [-0.3, -0.25) is 0 Å². The fraction of sp³-hybridized carbons (Fsp3) is 0. The first-order chi connectivity index (χ1) is 30.7. The van der Waals surface area contributed by atoms with Crippen molar-refractivity contribution in [2.75, 3.05) is 0 Å². The summed E-state index contributed by atoms with van der Waals surface area (Å²) in [7, 11) is 0. The van der Waals surface area contributed by atoms with E-state index < -0.39 is 0 Å². The Bertz CT molecular complexity index is 3570. The van der Waals surface area contributed by atoms with Crippen molar-refractivity contribution in [2.24, 2.45) is 0 Å². The van der Waals surface area contributed by atoms with Crippen LogP contribution in [0.2, 0.25) is 0 Å². The van der Waals surface area contributed by atoms with E-state index in [1.54, 1.807) is 0 Å². The third-order valence-electron chi connectivity index (χ3n) is 11.8. The summed E-state index contributed by atoms with van der Waals surface area (Å²) in [5.41, 5.74) is 14.5. The van der Waals surface area contributed by atoms with Crippen LogP contribution in [0.5, 0.6) is 0 Å². The van der Waals surface area contributed by atoms with E-state index in [2.05, 4.69) is 150 Å². The van der Waals surface area contributed by atoms with E-state index in [-0.39, 0.29) is 0 Å². The van der Waals surface area contributed by atoms with E-state index in [1.807, 2.05) is 72.8 Å². The number of nitrogens with zero attached hydrogens (tertiary/aromatic N) is 4. The predicted molar refractivity (Wildman–Crippen MR) is 254 cm³/mol. The van der Waals surface area contributed by atoms with Gasteiger partial charge in [0.15, 0.2) is 17.5 Å². The van der Waals surface area contributed by atoms with Crippen molar-refractivity contribution in [3.63, 3.8) is 0 Å². The standard InChI is InChI=1S/C57H36N4O/c1-4-16-37(17-5-1)40-32-33-51-50(36-40)48-29-14-27-45(41-22-12-23-42(34-41)46-28-15-30-49-47-26-10-11-31-52(47)62-54(46)49)53(48)61(51)44-25-13-24-43(35-44)57-59-55(38-18-6-2-7-19-38)58-56(60-57)39-20-8-3-9-21-39/h1-36H. The molecular weight excluding hydrogens is 757 g/mol. The Morgan fingerprint density at radius 1 is 0.323 bits per heavy atom. The summed E-state index contributed by atoms with van der Waals surface area (Å²) in [6.45, 7) is 0. The minimum atomic E-state index is 0.611. The molecule has 9 aromatic carbocycles. The topological polar surface area (TPSA) is 56.7 Å². The van der Waals surface area contributed by atoms with E-state index in [0.717, 1.165) is 77.6 Å². The minimum absolute atomic E-state index is 0.611. The molecule has 0 radical (unpaired) electrons. The van der Waals surface area contributed by atoms with E-state index in [0.29, 0.717) is 17.5 Å². The fourth-order valence-electron chi connectivity index (χ4n) is 8.93. The highest BCUT2D eigenvalue weighted by Crippen LogP contribution is 2.42. The maximum Gasteiger partial charge on any atom is 0.164 e. The molecule has 0 aliphatic heterocycles. The third kappa shape index (κ3) is 6.06. The normalized spacial score (nSPS) is 11.5. The van der Waals surface area contributed by atoms with Crippen molar-refractivity contribution in [3.8, 4) is 73.2 Å². The number of hydrogen-bond donors (Lipinski definition) is 0. The zero-order valence-corrected chi connectivity index (χ0v) is 33.5. The Hall–Kier alpha value is -8.41. The van der Waals surface area contributed by atoms with Gasteiger partial charge >= 0.3 is 0 Å². The number of furan rings is 1. The summed E-state index contributed by atoms with van der Waals surface area (Å²) in [4.78, 5) is 15.1. The largest absolute Gasteiger partial charge is 0.455 e. The van der Waals surface area contributed by atoms with Crippen LogP contribution in [-0.4, -0.2) is 19.5 Å². The van der Waals surface area contributed by atoms with Crippen LogP contribution >= 0.6 is 0 Å². The molecule has 3 aromatic heterocycles. The molecule has 0 aliphatic carbocycles. The molecule has 12 aromatic rings. The maximum atomic E-state index is 6.51. The molecular formula is C57H36N4O. The zero-order chi connectivity index (χ0) is 41.0. The average Bonchev–Trinajstić information content (AvgIpc) is 3.91. The van der Waals surface area contributed by atoms with Crippen LogP contribution in [0.15, 0.2) is 223 Å². The van der Waals surface area contributed by atoms with Crippen LogP contribution in [0.25, 0.3) is 117 Å². The van der Waals surface area contributed by atoms with Gasteiger partial charge in [0.1, 0.15) is 11.2 Å². The van der Waals surface area contributed by atoms with Crippen molar-refractivity contribution >= 4 is 43.7 Å². The Labute approximate surface area is 357 Å². The highest BCUT2D eigenvalue weighted by atomic mass is 16.3. The van der Waals surface area contributed by atoms with Crippen molar-refractivity contribution in [3.05, 3.63) is 218 Å². The second kappa shape index (κ2) is 14.7. The molecule has 0 atom stereocenters. The minimum Gasteiger partial charge on any atom is -0.455 e. The molecule has 5 nitrogen and oxygen atoms in total. The van der Waals surface area contributed by atoms with Crippen LogP contribution in [0.4, 0.5) is 0 Å². The van der Waals surface area contributed by atoms with Gasteiger partial charge in [0.2, 0.25) is 0 Å². The molecule has 3 heterocycles. The maximum absolute atomic E-state index is 6.51. The van der Waals surface area contributed by atoms with Gasteiger partial charge < -0.3 is 8.98 Å². The van der Waals surface area contributed by atoms with Crippen LogP contribution in [0, 0.1) is 0 Å². The van der Waals surface area contributed by atoms with Gasteiger partial charge in [-0.1, -0.05) is 182 Å². The molecule has 0 unspecified atom stereocenters. The van der Waals surface area contributed by atoms with Crippen molar-refractivity contribution in [2.45, 2.75) is 0 Å². The van der Waals surface area contributed by atoms with Gasteiger partial charge in [-0.15, -0.1) is 0 Å².